The van der Waals surface area contributed by atoms with E-state index in [9.17, 15) is 4.79 Å². The number of thiocarbonyl (C=S) groups is 1. The molecule has 0 radical (unpaired) electrons. The van der Waals surface area contributed by atoms with Gasteiger partial charge in [0.05, 0.1) is 10.8 Å². The monoisotopic (exact) mass is 412 g/mol. The Kier molecular flexibility index (Phi) is 6.14. The van der Waals surface area contributed by atoms with Crippen molar-refractivity contribution in [2.75, 3.05) is 13.2 Å². The molecule has 0 saturated heterocycles. The number of fused-ring (bicyclic) bond motifs is 3. The lowest BCUT2D eigenvalue weighted by Gasteiger charge is -2.14. The molecule has 3 aromatic carbocycles. The molecule has 0 aliphatic heterocycles. The SMILES string of the molecule is O=C(NCC=Cc1ccccc1N=C=S)OCC1c2ccccc2-c2ccccc21. The molecule has 1 amide bonds. The summed E-state index contributed by atoms with van der Waals surface area (Å²) in [4.78, 5) is 16.2. The Morgan fingerprint density at radius 3 is 2.33 bits per heavy atom. The van der Waals surface area contributed by atoms with Crippen LogP contribution < -0.4 is 5.32 Å². The Hall–Kier alpha value is -3.53. The topological polar surface area (TPSA) is 50.7 Å². The Balaban J connectivity index is 1.34. The Labute approximate surface area is 180 Å². The fourth-order valence-electron chi connectivity index (χ4n) is 3.76. The number of nitrogens with one attached hydrogen (secondary N) is 1. The fourth-order valence-corrected chi connectivity index (χ4v) is 3.86. The van der Waals surface area contributed by atoms with Crippen LogP contribution in [0.25, 0.3) is 17.2 Å². The minimum Gasteiger partial charge on any atom is -0.449 e. The van der Waals surface area contributed by atoms with Gasteiger partial charge in [0.2, 0.25) is 0 Å². The van der Waals surface area contributed by atoms with E-state index in [4.69, 9.17) is 4.74 Å². The first-order chi connectivity index (χ1) is 14.8. The number of hydrogen-bond acceptors (Lipinski definition) is 4. The molecule has 30 heavy (non-hydrogen) atoms. The first-order valence-electron chi connectivity index (χ1n) is 9.70. The van der Waals surface area contributed by atoms with Crippen molar-refractivity contribution in [2.24, 2.45) is 4.99 Å². The van der Waals surface area contributed by atoms with Crippen molar-refractivity contribution in [3.63, 3.8) is 0 Å². The van der Waals surface area contributed by atoms with Crippen molar-refractivity contribution in [3.8, 4) is 11.1 Å². The summed E-state index contributed by atoms with van der Waals surface area (Å²) < 4.78 is 5.53. The molecule has 5 heteroatoms. The van der Waals surface area contributed by atoms with Crippen LogP contribution in [-0.2, 0) is 4.74 Å². The van der Waals surface area contributed by atoms with Gasteiger partial charge in [0, 0.05) is 18.0 Å². The second kappa shape index (κ2) is 9.31. The highest BCUT2D eigenvalue weighted by Crippen LogP contribution is 2.44. The van der Waals surface area contributed by atoms with Gasteiger partial charge in [-0.3, -0.25) is 0 Å². The van der Waals surface area contributed by atoms with Crippen molar-refractivity contribution in [1.29, 1.82) is 0 Å². The lowest BCUT2D eigenvalue weighted by Crippen LogP contribution is -2.26. The molecule has 1 aliphatic carbocycles. The second-order valence-corrected chi connectivity index (χ2v) is 7.05. The van der Waals surface area contributed by atoms with E-state index in [-0.39, 0.29) is 5.92 Å². The Morgan fingerprint density at radius 1 is 1.00 bits per heavy atom. The van der Waals surface area contributed by atoms with Crippen LogP contribution in [0.4, 0.5) is 10.5 Å². The lowest BCUT2D eigenvalue weighted by molar-refractivity contribution is 0.144. The Morgan fingerprint density at radius 2 is 1.63 bits per heavy atom. The summed E-state index contributed by atoms with van der Waals surface area (Å²) in [5, 5.41) is 5.14. The first-order valence-corrected chi connectivity index (χ1v) is 10.1. The summed E-state index contributed by atoms with van der Waals surface area (Å²) in [6, 6.07) is 24.1. The van der Waals surface area contributed by atoms with Crippen LogP contribution in [0.5, 0.6) is 0 Å². The highest BCUT2D eigenvalue weighted by molar-refractivity contribution is 7.78. The number of benzene rings is 3. The van der Waals surface area contributed by atoms with E-state index in [1.165, 1.54) is 22.3 Å². The quantitative estimate of drug-likeness (QED) is 0.401. The van der Waals surface area contributed by atoms with Gasteiger partial charge in [-0.15, -0.1) is 0 Å². The number of amides is 1. The average Bonchev–Trinajstić information content (AvgIpc) is 3.10. The predicted molar refractivity (Wildman–Crippen MR) is 123 cm³/mol. The molecular weight excluding hydrogens is 392 g/mol. The van der Waals surface area contributed by atoms with Gasteiger partial charge < -0.3 is 10.1 Å². The van der Waals surface area contributed by atoms with E-state index in [0.717, 1.165) is 11.3 Å². The maximum atomic E-state index is 12.2. The van der Waals surface area contributed by atoms with Gasteiger partial charge in [-0.1, -0.05) is 78.9 Å². The minimum atomic E-state index is -0.438. The van der Waals surface area contributed by atoms with Crippen LogP contribution in [0.3, 0.4) is 0 Å². The summed E-state index contributed by atoms with van der Waals surface area (Å²) in [7, 11) is 0. The number of carbonyl (C=O) groups excluding carboxylic acids is 1. The molecule has 0 aromatic heterocycles. The molecule has 0 atom stereocenters. The van der Waals surface area contributed by atoms with Crippen molar-refractivity contribution >= 4 is 35.2 Å². The smallest absolute Gasteiger partial charge is 0.407 e. The van der Waals surface area contributed by atoms with Gasteiger partial charge in [-0.25, -0.2) is 4.79 Å². The third-order valence-corrected chi connectivity index (χ3v) is 5.20. The van der Waals surface area contributed by atoms with E-state index in [1.54, 1.807) is 0 Å². The molecule has 4 nitrogen and oxygen atoms in total. The van der Waals surface area contributed by atoms with Gasteiger partial charge >= 0.3 is 6.09 Å². The molecule has 1 aliphatic rings. The zero-order chi connectivity index (χ0) is 20.8. The number of carbonyl (C=O) groups is 1. The predicted octanol–water partition coefficient (Wildman–Crippen LogP) is 5.97. The molecule has 4 rings (SSSR count). The number of para-hydroxylation sites is 1. The minimum absolute atomic E-state index is 0.0538. The van der Waals surface area contributed by atoms with E-state index in [2.05, 4.69) is 52.0 Å². The van der Waals surface area contributed by atoms with Crippen molar-refractivity contribution in [1.82, 2.24) is 5.32 Å². The lowest BCUT2D eigenvalue weighted by atomic mass is 9.98. The third-order valence-electron chi connectivity index (χ3n) is 5.11. The second-order valence-electron chi connectivity index (χ2n) is 6.87. The van der Waals surface area contributed by atoms with Crippen LogP contribution in [0.15, 0.2) is 83.9 Å². The van der Waals surface area contributed by atoms with Gasteiger partial charge in [-0.2, -0.15) is 4.99 Å². The molecule has 0 unspecified atom stereocenters. The molecule has 148 valence electrons. The largest absolute Gasteiger partial charge is 0.449 e. The van der Waals surface area contributed by atoms with E-state index < -0.39 is 6.09 Å². The molecular formula is C25H20N2O2S. The van der Waals surface area contributed by atoms with E-state index >= 15 is 0 Å². The van der Waals surface area contributed by atoms with Crippen LogP contribution in [0, 0.1) is 0 Å². The maximum absolute atomic E-state index is 12.2. The van der Waals surface area contributed by atoms with Crippen LogP contribution >= 0.6 is 12.2 Å². The number of ether oxygens (including phenoxy) is 1. The molecule has 0 bridgehead atoms. The number of alkyl carbamates (subject to hydrolysis) is 1. The molecule has 0 spiro atoms. The van der Waals surface area contributed by atoms with Crippen molar-refractivity contribution in [3.05, 3.63) is 95.6 Å². The number of rotatable bonds is 6. The zero-order valence-electron chi connectivity index (χ0n) is 16.2. The molecule has 0 heterocycles. The van der Waals surface area contributed by atoms with Crippen LogP contribution in [0.1, 0.15) is 22.6 Å². The van der Waals surface area contributed by atoms with E-state index in [1.807, 2.05) is 60.7 Å². The first kappa shape index (κ1) is 19.8. The Bertz CT molecular complexity index is 1100. The summed E-state index contributed by atoms with van der Waals surface area (Å²) in [6.07, 6.45) is 3.29. The third kappa shape index (κ3) is 4.23. The standard InChI is InChI=1S/C25H20N2O2S/c28-25(26-15-7-9-18-8-1-6-14-24(18)27-17-30)29-16-23-21-12-4-2-10-19(21)20-11-3-5-13-22(20)23/h1-14,23H,15-16H2,(H,26,28). The highest BCUT2D eigenvalue weighted by atomic mass is 32.1. The van der Waals surface area contributed by atoms with Gasteiger partial charge in [-0.05, 0) is 40.5 Å². The van der Waals surface area contributed by atoms with Crippen LogP contribution in [0.2, 0.25) is 0 Å². The highest BCUT2D eigenvalue weighted by Gasteiger charge is 2.28. The normalized spacial score (nSPS) is 12.1. The molecule has 0 saturated carbocycles. The zero-order valence-corrected chi connectivity index (χ0v) is 17.1. The average molecular weight is 413 g/mol. The molecule has 0 fully saturated rings. The van der Waals surface area contributed by atoms with Crippen molar-refractivity contribution < 1.29 is 9.53 Å². The fraction of sp³-hybridized carbons (Fsp3) is 0.120. The van der Waals surface area contributed by atoms with E-state index in [0.29, 0.717) is 13.2 Å². The number of nitrogens with zero attached hydrogens (tertiary/aromatic N) is 1. The summed E-state index contributed by atoms with van der Waals surface area (Å²) in [5.41, 5.74) is 6.46. The van der Waals surface area contributed by atoms with Gasteiger partial charge in [0.25, 0.3) is 0 Å². The summed E-state index contributed by atoms with van der Waals surface area (Å²) >= 11 is 4.67. The van der Waals surface area contributed by atoms with Crippen molar-refractivity contribution in [2.45, 2.75) is 5.92 Å². The van der Waals surface area contributed by atoms with Crippen LogP contribution in [-0.4, -0.2) is 24.4 Å². The van der Waals surface area contributed by atoms with Gasteiger partial charge in [0.1, 0.15) is 6.61 Å². The number of hydrogen-bond donors (Lipinski definition) is 1. The van der Waals surface area contributed by atoms with Gasteiger partial charge in [0.15, 0.2) is 0 Å². The summed E-state index contributed by atoms with van der Waals surface area (Å²) in [5.74, 6) is 0.0538. The number of isothiocyanates is 1. The molecule has 1 N–H and O–H groups in total. The summed E-state index contributed by atoms with van der Waals surface area (Å²) in [6.45, 7) is 0.655. The number of aliphatic imine (C=N–C) groups is 1. The maximum Gasteiger partial charge on any atom is 0.407 e. The molecule has 3 aromatic rings.